The topological polar surface area (TPSA) is 51.2 Å². The van der Waals surface area contributed by atoms with Crippen LogP contribution in [-0.4, -0.2) is 37.0 Å². The zero-order chi connectivity index (χ0) is 21.8. The van der Waals surface area contributed by atoms with Gasteiger partial charge < -0.3 is 4.74 Å². The number of amides is 1. The maximum Gasteiger partial charge on any atom is 0.415 e. The number of alkyl halides is 5. The molecule has 1 N–H and O–H groups in total. The predicted octanol–water partition coefficient (Wildman–Crippen LogP) is 6.49. The highest BCUT2D eigenvalue weighted by molar-refractivity contribution is 14.2. The summed E-state index contributed by atoms with van der Waals surface area (Å²) < 4.78 is 60.0. The van der Waals surface area contributed by atoms with E-state index in [-0.39, 0.29) is 12.8 Å². The highest BCUT2D eigenvalue weighted by Crippen LogP contribution is 2.34. The number of anilines is 1. The molecule has 1 unspecified atom stereocenters. The van der Waals surface area contributed by atoms with Gasteiger partial charge in [0.15, 0.2) is 0 Å². The zero-order valence-corrected chi connectivity index (χ0v) is 19.7. The second-order valence-electron chi connectivity index (χ2n) is 7.61. The Morgan fingerprint density at radius 3 is 2.66 bits per heavy atom. The maximum absolute atomic E-state index is 14.2. The average molecular weight is 548 g/mol. The number of rotatable bonds is 4. The zero-order valence-electron chi connectivity index (χ0n) is 16.8. The quantitative estimate of drug-likeness (QED) is 0.203. The third-order valence-corrected chi connectivity index (χ3v) is 8.24. The summed E-state index contributed by atoms with van der Waals surface area (Å²) in [6, 6.07) is 0. The lowest BCUT2D eigenvalue weighted by atomic mass is 10.0. The number of nitrogens with one attached hydrogen (secondary N) is 1. The molecule has 0 saturated carbocycles. The summed E-state index contributed by atoms with van der Waals surface area (Å²) in [6.07, 6.45) is -5.01. The molecule has 0 aromatic carbocycles. The number of thiazole rings is 1. The molecule has 1 aliphatic rings. The Kier molecular flexibility index (Phi) is 8.23. The molecule has 0 fully saturated rings. The Balaban J connectivity index is 1.97. The van der Waals surface area contributed by atoms with Crippen LogP contribution in [0.25, 0.3) is 0 Å². The van der Waals surface area contributed by atoms with Crippen molar-refractivity contribution in [2.45, 2.75) is 71.3 Å². The average Bonchev–Trinajstić information content (AvgIpc) is 2.86. The molecule has 4 nitrogen and oxygen atoms in total. The SMILES string of the molecule is Cc1nc(CCC2=ICCC=C(C(F)(F)F)C(F)C2)sc1NC(=O)OC(C)(C)C. The van der Waals surface area contributed by atoms with E-state index in [1.54, 1.807) is 27.7 Å². The molecule has 164 valence electrons. The van der Waals surface area contributed by atoms with E-state index in [4.69, 9.17) is 4.74 Å². The summed E-state index contributed by atoms with van der Waals surface area (Å²) in [4.78, 5) is 16.3. The molecule has 1 aliphatic heterocycles. The second kappa shape index (κ2) is 9.84. The number of carbonyl (C=O) groups is 1. The van der Waals surface area contributed by atoms with Gasteiger partial charge in [0.05, 0.1) is 16.3 Å². The van der Waals surface area contributed by atoms with E-state index in [1.807, 2.05) is 0 Å². The van der Waals surface area contributed by atoms with Crippen molar-refractivity contribution >= 4 is 46.7 Å². The Labute approximate surface area is 181 Å². The molecule has 29 heavy (non-hydrogen) atoms. The van der Waals surface area contributed by atoms with Gasteiger partial charge in [-0.15, -0.1) is 32.1 Å². The van der Waals surface area contributed by atoms with Crippen LogP contribution in [-0.2, 0) is 11.2 Å². The molecule has 0 radical (unpaired) electrons. The summed E-state index contributed by atoms with van der Waals surface area (Å²) in [5, 5.41) is 4.01. The fourth-order valence-corrected chi connectivity index (χ4v) is 6.35. The first kappa shape index (κ1) is 24.2. The van der Waals surface area contributed by atoms with E-state index in [0.717, 1.165) is 14.6 Å². The maximum atomic E-state index is 14.2. The Morgan fingerprint density at radius 2 is 2.03 bits per heavy atom. The molecular formula is C19H25F4IN2O2S. The highest BCUT2D eigenvalue weighted by atomic mass is 127. The first-order valence-corrected chi connectivity index (χ1v) is 12.6. The Hall–Kier alpha value is -1.04. The smallest absolute Gasteiger partial charge is 0.415 e. The van der Waals surface area contributed by atoms with E-state index in [2.05, 4.69) is 10.3 Å². The number of aromatic nitrogens is 1. The number of halogens is 5. The summed E-state index contributed by atoms with van der Waals surface area (Å²) in [6.45, 7) is 7.07. The molecule has 2 rings (SSSR count). The largest absolute Gasteiger partial charge is 0.444 e. The van der Waals surface area contributed by atoms with E-state index in [0.29, 0.717) is 28.0 Å². The number of allylic oxidation sites excluding steroid dienone is 2. The third kappa shape index (κ3) is 7.95. The molecule has 1 amide bonds. The monoisotopic (exact) mass is 548 g/mol. The Morgan fingerprint density at radius 1 is 1.34 bits per heavy atom. The van der Waals surface area contributed by atoms with Crippen molar-refractivity contribution < 1.29 is 27.1 Å². The van der Waals surface area contributed by atoms with Crippen LogP contribution in [0.4, 0.5) is 27.4 Å². The van der Waals surface area contributed by atoms with Gasteiger partial charge in [-0.05, 0) is 48.5 Å². The van der Waals surface area contributed by atoms with Crippen molar-refractivity contribution in [2.75, 3.05) is 9.74 Å². The van der Waals surface area contributed by atoms with E-state index in [9.17, 15) is 22.4 Å². The van der Waals surface area contributed by atoms with Crippen molar-refractivity contribution in [1.29, 1.82) is 0 Å². The van der Waals surface area contributed by atoms with Gasteiger partial charge in [-0.25, -0.2) is 14.2 Å². The first-order valence-electron chi connectivity index (χ1n) is 9.16. The van der Waals surface area contributed by atoms with Crippen molar-refractivity contribution in [3.8, 4) is 0 Å². The number of ether oxygens (including phenoxy) is 1. The fraction of sp³-hybridized carbons (Fsp3) is 0.632. The van der Waals surface area contributed by atoms with Crippen LogP contribution in [0.5, 0.6) is 0 Å². The van der Waals surface area contributed by atoms with Crippen LogP contribution in [0, 0.1) is 6.92 Å². The fourth-order valence-electron chi connectivity index (χ4n) is 2.66. The lowest BCUT2D eigenvalue weighted by Crippen LogP contribution is -2.27. The molecule has 1 aromatic rings. The number of nitrogens with zero attached hydrogens (tertiary/aromatic N) is 1. The van der Waals surface area contributed by atoms with Gasteiger partial charge in [-0.2, -0.15) is 13.2 Å². The number of aryl methyl sites for hydroxylation is 2. The van der Waals surface area contributed by atoms with Gasteiger partial charge in [0.25, 0.3) is 0 Å². The number of hydrogen-bond acceptors (Lipinski definition) is 4. The van der Waals surface area contributed by atoms with Crippen molar-refractivity contribution in [1.82, 2.24) is 4.98 Å². The lowest BCUT2D eigenvalue weighted by Gasteiger charge is -2.19. The van der Waals surface area contributed by atoms with E-state index >= 15 is 0 Å². The summed E-state index contributed by atoms with van der Waals surface area (Å²) in [5.41, 5.74) is -1.01. The molecule has 0 saturated heterocycles. The molecule has 0 bridgehead atoms. The van der Waals surface area contributed by atoms with Crippen LogP contribution in [0.2, 0.25) is 0 Å². The van der Waals surface area contributed by atoms with Gasteiger partial charge in [0.1, 0.15) is 16.8 Å². The van der Waals surface area contributed by atoms with Gasteiger partial charge in [-0.3, -0.25) is 5.32 Å². The molecule has 1 atom stereocenters. The van der Waals surface area contributed by atoms with Gasteiger partial charge in [-0.1, -0.05) is 6.08 Å². The molecular weight excluding hydrogens is 523 g/mol. The summed E-state index contributed by atoms with van der Waals surface area (Å²) >= 11 is 0.850. The van der Waals surface area contributed by atoms with Gasteiger partial charge >= 0.3 is 12.3 Å². The number of hydrogen-bond donors (Lipinski definition) is 1. The van der Waals surface area contributed by atoms with Crippen LogP contribution >= 0.6 is 32.1 Å². The minimum atomic E-state index is -4.62. The number of carbonyl (C=O) groups excluding carboxylic acids is 1. The molecule has 0 spiro atoms. The van der Waals surface area contributed by atoms with E-state index < -0.39 is 50.3 Å². The second-order valence-corrected chi connectivity index (χ2v) is 12.1. The molecule has 0 aliphatic carbocycles. The molecule has 10 heteroatoms. The molecule has 2 heterocycles. The summed E-state index contributed by atoms with van der Waals surface area (Å²) in [5.74, 6) is 0. The minimum absolute atomic E-state index is 0.161. The lowest BCUT2D eigenvalue weighted by molar-refractivity contribution is -0.100. The summed E-state index contributed by atoms with van der Waals surface area (Å²) in [7, 11) is 0. The normalized spacial score (nSPS) is 18.7. The van der Waals surface area contributed by atoms with Gasteiger partial charge in [0.2, 0.25) is 0 Å². The van der Waals surface area contributed by atoms with Crippen LogP contribution in [0.1, 0.15) is 50.7 Å². The predicted molar refractivity (Wildman–Crippen MR) is 117 cm³/mol. The van der Waals surface area contributed by atoms with Crippen molar-refractivity contribution in [2.24, 2.45) is 0 Å². The van der Waals surface area contributed by atoms with Crippen LogP contribution < -0.4 is 5.32 Å². The van der Waals surface area contributed by atoms with Crippen LogP contribution in [0.3, 0.4) is 0 Å². The van der Waals surface area contributed by atoms with E-state index in [1.165, 1.54) is 11.3 Å². The van der Waals surface area contributed by atoms with Crippen LogP contribution in [0.15, 0.2) is 11.6 Å². The molecule has 1 aromatic heterocycles. The Bertz CT molecular complexity index is 797. The van der Waals surface area contributed by atoms with Crippen molar-refractivity contribution in [3.63, 3.8) is 0 Å². The first-order chi connectivity index (χ1) is 13.3. The standard InChI is InChI=1S/C19H25F4IN2O2S/c1-11-16(26-17(27)28-18(2,3)4)29-15(25-11)8-7-12-10-14(20)13(19(21,22)23)6-5-9-24-12/h6,14H,5,7-10H2,1-4H3,(H,26,27). The third-order valence-electron chi connectivity index (χ3n) is 3.89. The van der Waals surface area contributed by atoms with Crippen molar-refractivity contribution in [3.05, 3.63) is 22.4 Å². The minimum Gasteiger partial charge on any atom is -0.444 e. The van der Waals surface area contributed by atoms with Gasteiger partial charge in [0, 0.05) is 12.8 Å². The highest BCUT2D eigenvalue weighted by Gasteiger charge is 2.39.